The fourth-order valence-electron chi connectivity index (χ4n) is 5.52. The Hall–Kier alpha value is -4.62. The number of nitrogens with zero attached hydrogens (tertiary/aromatic N) is 2. The molecular formula is C34H37N3O9S. The first-order valence-electron chi connectivity index (χ1n) is 15.2. The lowest BCUT2D eigenvalue weighted by atomic mass is 9.97. The number of aryl methyl sites for hydroxylation is 1. The summed E-state index contributed by atoms with van der Waals surface area (Å²) in [5.74, 6) is -1.52. The van der Waals surface area contributed by atoms with Crippen molar-refractivity contribution in [3.8, 4) is 5.75 Å². The summed E-state index contributed by atoms with van der Waals surface area (Å²) < 4.78 is 30.9. The Labute approximate surface area is 276 Å². The van der Waals surface area contributed by atoms with E-state index in [1.54, 1.807) is 0 Å². The number of aromatic nitrogens is 2. The molecule has 5 rings (SSSR count). The summed E-state index contributed by atoms with van der Waals surface area (Å²) in [6, 6.07) is 20.8. The molecule has 1 saturated heterocycles. The number of benzene rings is 3. The van der Waals surface area contributed by atoms with Crippen LogP contribution in [-0.2, 0) is 44.7 Å². The Morgan fingerprint density at radius 1 is 0.872 bits per heavy atom. The molecule has 1 amide bonds. The number of amides is 1. The molecule has 1 aliphatic heterocycles. The van der Waals surface area contributed by atoms with Gasteiger partial charge >= 0.3 is 17.9 Å². The van der Waals surface area contributed by atoms with Crippen LogP contribution < -0.4 is 10.1 Å². The maximum absolute atomic E-state index is 12.4. The van der Waals surface area contributed by atoms with Crippen LogP contribution in [0, 0.1) is 0 Å². The normalized spacial score (nSPS) is 20.8. The first-order valence-corrected chi connectivity index (χ1v) is 16.1. The molecule has 2 heterocycles. The van der Waals surface area contributed by atoms with Crippen LogP contribution in [0.25, 0.3) is 21.8 Å². The number of para-hydroxylation sites is 2. The third kappa shape index (κ3) is 8.60. The van der Waals surface area contributed by atoms with E-state index in [9.17, 15) is 19.2 Å². The molecule has 1 fully saturated rings. The van der Waals surface area contributed by atoms with Crippen LogP contribution in [0.3, 0.4) is 0 Å². The smallest absolute Gasteiger partial charge is 0.303 e. The summed E-state index contributed by atoms with van der Waals surface area (Å²) >= 11 is 1.21. The fourth-order valence-corrected chi connectivity index (χ4v) is 6.77. The summed E-state index contributed by atoms with van der Waals surface area (Å²) in [4.78, 5) is 53.4. The molecule has 47 heavy (non-hydrogen) atoms. The molecule has 0 radical (unpaired) electrons. The predicted molar refractivity (Wildman–Crippen MR) is 174 cm³/mol. The Morgan fingerprint density at radius 3 is 2.30 bits per heavy atom. The van der Waals surface area contributed by atoms with E-state index < -0.39 is 53.6 Å². The first-order chi connectivity index (χ1) is 22.6. The van der Waals surface area contributed by atoms with Gasteiger partial charge in [0.15, 0.2) is 17.4 Å². The van der Waals surface area contributed by atoms with Crippen LogP contribution in [0.4, 0.5) is 0 Å². The monoisotopic (exact) mass is 663 g/mol. The van der Waals surface area contributed by atoms with Crippen LogP contribution in [-0.4, -0.2) is 76.4 Å². The van der Waals surface area contributed by atoms with Crippen molar-refractivity contribution in [2.24, 2.45) is 0 Å². The van der Waals surface area contributed by atoms with E-state index in [2.05, 4.69) is 11.4 Å². The van der Waals surface area contributed by atoms with Crippen molar-refractivity contribution in [3.05, 3.63) is 66.7 Å². The maximum Gasteiger partial charge on any atom is 0.303 e. The highest BCUT2D eigenvalue weighted by atomic mass is 32.2. The zero-order valence-electron chi connectivity index (χ0n) is 26.5. The number of nitrogens with one attached hydrogen (secondary N) is 1. The SMILES string of the molecule is CC(=O)N[C@H]1[C@@H](OC(C)=O)[C@H](OC(C)=O)[C@@H](COC(C)=O)O[C@H]1Sc1nc2ccccc2n1CCCOc1ccc2ccccc2c1. The summed E-state index contributed by atoms with van der Waals surface area (Å²) in [6.07, 6.45) is -2.68. The Kier molecular flexibility index (Phi) is 11.0. The van der Waals surface area contributed by atoms with Crippen molar-refractivity contribution in [2.45, 2.75) is 75.6 Å². The van der Waals surface area contributed by atoms with Crippen molar-refractivity contribution in [3.63, 3.8) is 0 Å². The van der Waals surface area contributed by atoms with Crippen LogP contribution in [0.1, 0.15) is 34.1 Å². The molecule has 1 aliphatic rings. The van der Waals surface area contributed by atoms with Gasteiger partial charge in [0.2, 0.25) is 5.91 Å². The van der Waals surface area contributed by atoms with Gasteiger partial charge in [0.05, 0.1) is 17.6 Å². The maximum atomic E-state index is 12.4. The second-order valence-electron chi connectivity index (χ2n) is 11.1. The Morgan fingerprint density at radius 2 is 1.57 bits per heavy atom. The minimum atomic E-state index is -1.17. The molecule has 1 N–H and O–H groups in total. The zero-order valence-corrected chi connectivity index (χ0v) is 27.4. The van der Waals surface area contributed by atoms with E-state index >= 15 is 0 Å². The minimum absolute atomic E-state index is 0.280. The summed E-state index contributed by atoms with van der Waals surface area (Å²) in [6.45, 7) is 5.70. The average Bonchev–Trinajstić information content (AvgIpc) is 3.37. The number of fused-ring (bicyclic) bond motifs is 2. The number of rotatable bonds is 12. The molecule has 13 heteroatoms. The molecule has 0 bridgehead atoms. The lowest BCUT2D eigenvalue weighted by Crippen LogP contribution is -2.65. The molecule has 0 spiro atoms. The number of hydrogen-bond acceptors (Lipinski definition) is 11. The Bertz CT molecular complexity index is 1760. The van der Waals surface area contributed by atoms with Gasteiger partial charge in [-0.2, -0.15) is 0 Å². The van der Waals surface area contributed by atoms with Crippen LogP contribution in [0.5, 0.6) is 5.75 Å². The fraction of sp³-hybridized carbons (Fsp3) is 0.382. The topological polar surface area (TPSA) is 144 Å². The predicted octanol–water partition coefficient (Wildman–Crippen LogP) is 4.41. The first kappa shape index (κ1) is 33.7. The Balaban J connectivity index is 1.41. The van der Waals surface area contributed by atoms with E-state index in [4.69, 9.17) is 28.7 Å². The summed E-state index contributed by atoms with van der Waals surface area (Å²) in [5.41, 5.74) is 0.751. The number of carbonyl (C=O) groups excluding carboxylic acids is 4. The molecule has 5 atom stereocenters. The third-order valence-electron chi connectivity index (χ3n) is 7.43. The van der Waals surface area contributed by atoms with Crippen molar-refractivity contribution in [1.82, 2.24) is 14.9 Å². The van der Waals surface area contributed by atoms with Crippen molar-refractivity contribution < 1.29 is 42.9 Å². The molecule has 4 aromatic rings. The molecule has 248 valence electrons. The second kappa shape index (κ2) is 15.3. The molecule has 3 aromatic carbocycles. The van der Waals surface area contributed by atoms with Crippen molar-refractivity contribution in [2.75, 3.05) is 13.2 Å². The molecule has 0 aliphatic carbocycles. The van der Waals surface area contributed by atoms with Gasteiger partial charge in [0, 0.05) is 34.2 Å². The number of esters is 3. The largest absolute Gasteiger partial charge is 0.494 e. The zero-order chi connectivity index (χ0) is 33.5. The number of hydrogen-bond donors (Lipinski definition) is 1. The van der Waals surface area contributed by atoms with Gasteiger partial charge < -0.3 is 33.6 Å². The average molecular weight is 664 g/mol. The molecule has 12 nitrogen and oxygen atoms in total. The highest BCUT2D eigenvalue weighted by Crippen LogP contribution is 2.37. The number of thioether (sulfide) groups is 1. The number of carbonyl (C=O) groups is 4. The highest BCUT2D eigenvalue weighted by molar-refractivity contribution is 7.99. The quantitative estimate of drug-likeness (QED) is 0.131. The lowest BCUT2D eigenvalue weighted by Gasteiger charge is -2.44. The van der Waals surface area contributed by atoms with Crippen LogP contribution in [0.2, 0.25) is 0 Å². The number of imidazole rings is 1. The van der Waals surface area contributed by atoms with Crippen molar-refractivity contribution in [1.29, 1.82) is 0 Å². The number of ether oxygens (including phenoxy) is 5. The van der Waals surface area contributed by atoms with E-state index in [1.807, 2.05) is 65.2 Å². The van der Waals surface area contributed by atoms with Crippen molar-refractivity contribution >= 4 is 57.4 Å². The summed E-state index contributed by atoms with van der Waals surface area (Å²) in [5, 5.41) is 5.63. The highest BCUT2D eigenvalue weighted by Gasteiger charge is 2.51. The van der Waals surface area contributed by atoms with Gasteiger partial charge in [0.1, 0.15) is 29.9 Å². The van der Waals surface area contributed by atoms with E-state index in [0.29, 0.717) is 24.7 Å². The third-order valence-corrected chi connectivity index (χ3v) is 8.59. The summed E-state index contributed by atoms with van der Waals surface area (Å²) in [7, 11) is 0. The molecule has 0 saturated carbocycles. The molecular weight excluding hydrogens is 626 g/mol. The standard InChI is InChI=1S/C34H37N3O9S/c1-20(38)35-30-32(45-23(4)41)31(44-22(3)40)29(19-43-21(2)39)46-33(30)47-34-36-27-12-7-8-13-28(27)37(34)16-9-17-42-26-15-14-24-10-5-6-11-25(24)18-26/h5-8,10-15,18,29-33H,9,16-17,19H2,1-4H3,(H,35,38)/t29-,30+,31-,32-,33+/m1/s1. The van der Waals surface area contributed by atoms with Gasteiger partial charge in [-0.05, 0) is 41.5 Å². The van der Waals surface area contributed by atoms with Crippen LogP contribution in [0.15, 0.2) is 71.9 Å². The van der Waals surface area contributed by atoms with Gasteiger partial charge in [-0.15, -0.1) is 0 Å². The van der Waals surface area contributed by atoms with Crippen LogP contribution >= 0.6 is 11.8 Å². The lowest BCUT2D eigenvalue weighted by molar-refractivity contribution is -0.211. The molecule has 0 unspecified atom stereocenters. The van der Waals surface area contributed by atoms with Gasteiger partial charge in [0.25, 0.3) is 0 Å². The van der Waals surface area contributed by atoms with E-state index in [1.165, 1.54) is 39.5 Å². The minimum Gasteiger partial charge on any atom is -0.494 e. The van der Waals surface area contributed by atoms with Gasteiger partial charge in [-0.3, -0.25) is 19.2 Å². The van der Waals surface area contributed by atoms with Gasteiger partial charge in [-0.1, -0.05) is 54.2 Å². The second-order valence-corrected chi connectivity index (χ2v) is 12.1. The molecule has 1 aromatic heterocycles. The van der Waals surface area contributed by atoms with E-state index in [-0.39, 0.29) is 6.61 Å². The van der Waals surface area contributed by atoms with Gasteiger partial charge in [-0.25, -0.2) is 4.98 Å². The van der Waals surface area contributed by atoms with E-state index in [0.717, 1.165) is 27.6 Å².